The maximum absolute atomic E-state index is 12.0. The molecule has 1 amide bonds. The summed E-state index contributed by atoms with van der Waals surface area (Å²) in [6, 6.07) is 0.250. The predicted octanol–water partition coefficient (Wildman–Crippen LogP) is 0.668. The Morgan fingerprint density at radius 3 is 2.65 bits per heavy atom. The van der Waals surface area contributed by atoms with E-state index in [1.807, 2.05) is 4.90 Å². The Hall–Kier alpha value is -0.610. The van der Waals surface area contributed by atoms with Crippen molar-refractivity contribution in [2.45, 2.75) is 38.6 Å². The van der Waals surface area contributed by atoms with E-state index in [4.69, 9.17) is 5.73 Å². The van der Waals surface area contributed by atoms with E-state index in [0.29, 0.717) is 18.4 Å². The number of amides is 1. The van der Waals surface area contributed by atoms with Gasteiger partial charge in [0, 0.05) is 25.7 Å². The first-order valence-corrected chi connectivity index (χ1v) is 6.92. The van der Waals surface area contributed by atoms with E-state index < -0.39 is 0 Å². The lowest BCUT2D eigenvalue weighted by Gasteiger charge is -2.34. The molecule has 0 aliphatic carbocycles. The molecule has 2 atom stereocenters. The minimum absolute atomic E-state index is 0.250. The van der Waals surface area contributed by atoms with Crippen molar-refractivity contribution >= 4 is 5.91 Å². The van der Waals surface area contributed by atoms with Crippen molar-refractivity contribution in [1.29, 1.82) is 0 Å². The van der Waals surface area contributed by atoms with Crippen LogP contribution in [0.3, 0.4) is 0 Å². The number of nitrogens with two attached hydrogens (primary N) is 1. The number of nitrogens with zero attached hydrogens (tertiary/aromatic N) is 2. The van der Waals surface area contributed by atoms with Crippen LogP contribution in [0.15, 0.2) is 0 Å². The van der Waals surface area contributed by atoms with Gasteiger partial charge in [0.15, 0.2) is 0 Å². The molecule has 2 unspecified atom stereocenters. The molecule has 2 fully saturated rings. The van der Waals surface area contributed by atoms with Crippen LogP contribution >= 0.6 is 0 Å². The van der Waals surface area contributed by atoms with E-state index in [2.05, 4.69) is 11.8 Å². The van der Waals surface area contributed by atoms with Crippen molar-refractivity contribution in [1.82, 2.24) is 9.80 Å². The normalized spacial score (nSPS) is 28.4. The molecule has 0 aromatic heterocycles. The predicted molar refractivity (Wildman–Crippen MR) is 68.6 cm³/mol. The molecule has 2 rings (SSSR count). The molecule has 2 aliphatic rings. The summed E-state index contributed by atoms with van der Waals surface area (Å²) < 4.78 is 0. The highest BCUT2D eigenvalue weighted by molar-refractivity contribution is 5.78. The van der Waals surface area contributed by atoms with E-state index in [-0.39, 0.29) is 6.04 Å². The minimum Gasteiger partial charge on any atom is -0.342 e. The van der Waals surface area contributed by atoms with E-state index >= 15 is 0 Å². The summed E-state index contributed by atoms with van der Waals surface area (Å²) in [5.74, 6) is 0.878. The van der Waals surface area contributed by atoms with E-state index in [1.165, 1.54) is 25.7 Å². The standard InChI is InChI=1S/C13H25N3O/c1-11(14)12-5-4-6-15(9-12)10-13(17)16-7-2-3-8-16/h11-12H,2-10,14H2,1H3. The SMILES string of the molecule is CC(N)C1CCCN(CC(=O)N2CCCC2)C1. The lowest BCUT2D eigenvalue weighted by atomic mass is 9.92. The minimum atomic E-state index is 0.250. The zero-order valence-electron chi connectivity index (χ0n) is 10.9. The Morgan fingerprint density at radius 2 is 2.00 bits per heavy atom. The second-order valence-electron chi connectivity index (χ2n) is 5.58. The van der Waals surface area contributed by atoms with Gasteiger partial charge >= 0.3 is 0 Å². The highest BCUT2D eigenvalue weighted by Crippen LogP contribution is 2.19. The molecule has 2 saturated heterocycles. The van der Waals surface area contributed by atoms with Crippen molar-refractivity contribution in [2.75, 3.05) is 32.7 Å². The second kappa shape index (κ2) is 5.83. The Balaban J connectivity index is 1.79. The first-order chi connectivity index (χ1) is 8.16. The van der Waals surface area contributed by atoms with Gasteiger partial charge < -0.3 is 10.6 Å². The molecular formula is C13H25N3O. The average Bonchev–Trinajstić information content (AvgIpc) is 2.82. The molecule has 2 N–H and O–H groups in total. The molecule has 2 aliphatic heterocycles. The van der Waals surface area contributed by atoms with Crippen molar-refractivity contribution in [3.63, 3.8) is 0 Å². The highest BCUT2D eigenvalue weighted by atomic mass is 16.2. The zero-order valence-corrected chi connectivity index (χ0v) is 10.9. The number of hydrogen-bond donors (Lipinski definition) is 1. The van der Waals surface area contributed by atoms with Gasteiger partial charge in [0.25, 0.3) is 0 Å². The molecule has 0 bridgehead atoms. The van der Waals surface area contributed by atoms with Crippen LogP contribution in [-0.4, -0.2) is 54.5 Å². The van der Waals surface area contributed by atoms with Crippen LogP contribution < -0.4 is 5.73 Å². The van der Waals surface area contributed by atoms with Crippen molar-refractivity contribution < 1.29 is 4.79 Å². The van der Waals surface area contributed by atoms with Gasteiger partial charge in [0.1, 0.15) is 0 Å². The van der Waals surface area contributed by atoms with Crippen LogP contribution in [0.1, 0.15) is 32.6 Å². The summed E-state index contributed by atoms with van der Waals surface area (Å²) >= 11 is 0. The lowest BCUT2D eigenvalue weighted by Crippen LogP contribution is -2.46. The molecule has 0 radical (unpaired) electrons. The molecule has 0 aromatic carbocycles. The average molecular weight is 239 g/mol. The summed E-state index contributed by atoms with van der Waals surface area (Å²) in [5.41, 5.74) is 5.96. The number of piperidine rings is 1. The topological polar surface area (TPSA) is 49.6 Å². The van der Waals surface area contributed by atoms with Gasteiger partial charge in [-0.3, -0.25) is 9.69 Å². The summed E-state index contributed by atoms with van der Waals surface area (Å²) in [7, 11) is 0. The quantitative estimate of drug-likeness (QED) is 0.787. The maximum Gasteiger partial charge on any atom is 0.236 e. The van der Waals surface area contributed by atoms with Gasteiger partial charge in [0.05, 0.1) is 6.54 Å². The Morgan fingerprint density at radius 1 is 1.29 bits per heavy atom. The fourth-order valence-corrected chi connectivity index (χ4v) is 2.92. The lowest BCUT2D eigenvalue weighted by molar-refractivity contribution is -0.131. The smallest absolute Gasteiger partial charge is 0.236 e. The largest absolute Gasteiger partial charge is 0.342 e. The van der Waals surface area contributed by atoms with Gasteiger partial charge in [-0.15, -0.1) is 0 Å². The second-order valence-corrected chi connectivity index (χ2v) is 5.58. The van der Waals surface area contributed by atoms with Crippen molar-refractivity contribution in [3.05, 3.63) is 0 Å². The van der Waals surface area contributed by atoms with Crippen LogP contribution in [0.2, 0.25) is 0 Å². The number of hydrogen-bond acceptors (Lipinski definition) is 3. The Kier molecular flexibility index (Phi) is 4.40. The summed E-state index contributed by atoms with van der Waals surface area (Å²) in [4.78, 5) is 16.3. The van der Waals surface area contributed by atoms with Crippen LogP contribution in [0.4, 0.5) is 0 Å². The molecule has 98 valence electrons. The van der Waals surface area contributed by atoms with E-state index in [0.717, 1.165) is 26.2 Å². The molecule has 17 heavy (non-hydrogen) atoms. The van der Waals surface area contributed by atoms with E-state index in [9.17, 15) is 4.79 Å². The van der Waals surface area contributed by atoms with Gasteiger partial charge in [-0.05, 0) is 45.1 Å². The molecule has 2 heterocycles. The third kappa shape index (κ3) is 3.42. The third-order valence-electron chi connectivity index (χ3n) is 4.10. The van der Waals surface area contributed by atoms with Crippen molar-refractivity contribution in [3.8, 4) is 0 Å². The van der Waals surface area contributed by atoms with Crippen LogP contribution in [0.25, 0.3) is 0 Å². The number of carbonyl (C=O) groups is 1. The molecule has 0 saturated carbocycles. The summed E-state index contributed by atoms with van der Waals surface area (Å²) in [6.45, 7) is 6.66. The first kappa shape index (κ1) is 12.8. The van der Waals surface area contributed by atoms with Crippen LogP contribution in [0.5, 0.6) is 0 Å². The van der Waals surface area contributed by atoms with Gasteiger partial charge in [-0.1, -0.05) is 0 Å². The van der Waals surface area contributed by atoms with Gasteiger partial charge in [-0.25, -0.2) is 0 Å². The molecule has 4 heteroatoms. The molecule has 4 nitrogen and oxygen atoms in total. The fourth-order valence-electron chi connectivity index (χ4n) is 2.92. The van der Waals surface area contributed by atoms with Gasteiger partial charge in [0.2, 0.25) is 5.91 Å². The molecule has 0 spiro atoms. The number of carbonyl (C=O) groups excluding carboxylic acids is 1. The monoisotopic (exact) mass is 239 g/mol. The highest BCUT2D eigenvalue weighted by Gasteiger charge is 2.26. The van der Waals surface area contributed by atoms with Crippen LogP contribution in [0, 0.1) is 5.92 Å². The first-order valence-electron chi connectivity index (χ1n) is 6.92. The van der Waals surface area contributed by atoms with Crippen LogP contribution in [-0.2, 0) is 4.79 Å². The number of likely N-dealkylation sites (tertiary alicyclic amines) is 2. The summed E-state index contributed by atoms with van der Waals surface area (Å²) in [6.07, 6.45) is 4.74. The molecular weight excluding hydrogens is 214 g/mol. The molecule has 0 aromatic rings. The maximum atomic E-state index is 12.0. The summed E-state index contributed by atoms with van der Waals surface area (Å²) in [5, 5.41) is 0. The Labute approximate surface area is 104 Å². The fraction of sp³-hybridized carbons (Fsp3) is 0.923. The Bertz CT molecular complexity index is 261. The third-order valence-corrected chi connectivity index (χ3v) is 4.10. The van der Waals surface area contributed by atoms with Gasteiger partial charge in [-0.2, -0.15) is 0 Å². The van der Waals surface area contributed by atoms with Crippen molar-refractivity contribution in [2.24, 2.45) is 11.7 Å². The number of rotatable bonds is 3. The zero-order chi connectivity index (χ0) is 12.3. The van der Waals surface area contributed by atoms with E-state index in [1.54, 1.807) is 0 Å².